The molecule has 2 heterocycles. The number of benzene rings is 1. The minimum atomic E-state index is -0.621. The third-order valence-electron chi connectivity index (χ3n) is 3.84. The average molecular weight is 299 g/mol. The molecule has 0 radical (unpaired) electrons. The van der Waals surface area contributed by atoms with Crippen molar-refractivity contribution in [2.75, 3.05) is 6.54 Å². The third kappa shape index (κ3) is 2.59. The molecule has 0 aliphatic carbocycles. The maximum absolute atomic E-state index is 13.0. The number of hydrogen-bond donors (Lipinski definition) is 2. The van der Waals surface area contributed by atoms with Gasteiger partial charge in [0.1, 0.15) is 17.6 Å². The van der Waals surface area contributed by atoms with E-state index in [0.717, 1.165) is 5.56 Å². The summed E-state index contributed by atoms with van der Waals surface area (Å²) in [6, 6.07) is 9.04. The SMILES string of the molecule is N#Cc1c[nH]c(C(=O)N2C[C@H](O)C[C@H]2c2ccc(F)cc2)c1. The summed E-state index contributed by atoms with van der Waals surface area (Å²) in [4.78, 5) is 16.9. The highest BCUT2D eigenvalue weighted by atomic mass is 19.1. The van der Waals surface area contributed by atoms with E-state index in [0.29, 0.717) is 17.7 Å². The van der Waals surface area contributed by atoms with Gasteiger partial charge in [-0.15, -0.1) is 0 Å². The summed E-state index contributed by atoms with van der Waals surface area (Å²) in [6.45, 7) is 0.210. The maximum Gasteiger partial charge on any atom is 0.270 e. The first-order chi connectivity index (χ1) is 10.6. The van der Waals surface area contributed by atoms with Gasteiger partial charge in [0.05, 0.1) is 17.7 Å². The molecule has 112 valence electrons. The number of amides is 1. The van der Waals surface area contributed by atoms with Crippen LogP contribution < -0.4 is 0 Å². The normalized spacial score (nSPS) is 20.9. The smallest absolute Gasteiger partial charge is 0.270 e. The molecule has 1 aliphatic heterocycles. The highest BCUT2D eigenvalue weighted by Crippen LogP contribution is 2.33. The average Bonchev–Trinajstić information content (AvgIpc) is 3.14. The zero-order valence-electron chi connectivity index (χ0n) is 11.7. The highest BCUT2D eigenvalue weighted by molar-refractivity contribution is 5.93. The van der Waals surface area contributed by atoms with Gasteiger partial charge < -0.3 is 15.0 Å². The number of aromatic nitrogens is 1. The number of aromatic amines is 1. The van der Waals surface area contributed by atoms with Crippen LogP contribution in [0.15, 0.2) is 36.5 Å². The van der Waals surface area contributed by atoms with Crippen molar-refractivity contribution in [1.82, 2.24) is 9.88 Å². The van der Waals surface area contributed by atoms with Crippen LogP contribution in [0.1, 0.15) is 34.1 Å². The number of nitriles is 1. The summed E-state index contributed by atoms with van der Waals surface area (Å²) in [5.41, 5.74) is 1.46. The van der Waals surface area contributed by atoms with E-state index in [9.17, 15) is 14.3 Å². The number of β-amino-alcohol motifs (C(OH)–C–C–N with tert-alkyl or cyclic N) is 1. The fraction of sp³-hybridized carbons (Fsp3) is 0.250. The van der Waals surface area contributed by atoms with Gasteiger partial charge in [-0.2, -0.15) is 5.26 Å². The molecule has 2 N–H and O–H groups in total. The van der Waals surface area contributed by atoms with Gasteiger partial charge in [-0.1, -0.05) is 12.1 Å². The quantitative estimate of drug-likeness (QED) is 0.889. The van der Waals surface area contributed by atoms with Gasteiger partial charge >= 0.3 is 0 Å². The first-order valence-electron chi connectivity index (χ1n) is 6.91. The number of halogens is 1. The summed E-state index contributed by atoms with van der Waals surface area (Å²) < 4.78 is 13.0. The molecule has 0 bridgehead atoms. The Labute approximate surface area is 126 Å². The standard InChI is InChI=1S/C16H14FN3O2/c17-12-3-1-11(2-4-12)15-6-13(21)9-20(15)16(22)14-5-10(7-18)8-19-14/h1-5,8,13,15,19,21H,6,9H2/t13-,15+/m1/s1. The van der Waals surface area contributed by atoms with Crippen molar-refractivity contribution in [3.05, 3.63) is 59.2 Å². The lowest BCUT2D eigenvalue weighted by atomic mass is 10.0. The number of aliphatic hydroxyl groups is 1. The van der Waals surface area contributed by atoms with Crippen molar-refractivity contribution in [3.8, 4) is 6.07 Å². The molecule has 5 nitrogen and oxygen atoms in total. The summed E-state index contributed by atoms with van der Waals surface area (Å²) in [6.07, 6.45) is 1.25. The Kier molecular flexibility index (Phi) is 3.65. The highest BCUT2D eigenvalue weighted by Gasteiger charge is 2.36. The predicted molar refractivity (Wildman–Crippen MR) is 76.3 cm³/mol. The van der Waals surface area contributed by atoms with E-state index < -0.39 is 6.10 Å². The van der Waals surface area contributed by atoms with Crippen LogP contribution in [0.5, 0.6) is 0 Å². The van der Waals surface area contributed by atoms with Crippen LogP contribution in [-0.4, -0.2) is 33.5 Å². The van der Waals surface area contributed by atoms with E-state index in [1.165, 1.54) is 24.4 Å². The first kappa shape index (κ1) is 14.3. The second kappa shape index (κ2) is 5.62. The summed E-state index contributed by atoms with van der Waals surface area (Å²) in [7, 11) is 0. The van der Waals surface area contributed by atoms with Crippen LogP contribution in [0, 0.1) is 17.1 Å². The lowest BCUT2D eigenvalue weighted by Crippen LogP contribution is -2.32. The molecule has 0 spiro atoms. The number of rotatable bonds is 2. The van der Waals surface area contributed by atoms with Gasteiger partial charge in [0.2, 0.25) is 0 Å². The number of nitrogens with zero attached hydrogens (tertiary/aromatic N) is 2. The molecular weight excluding hydrogens is 285 g/mol. The lowest BCUT2D eigenvalue weighted by molar-refractivity contribution is 0.0710. The fourth-order valence-corrected chi connectivity index (χ4v) is 2.78. The molecule has 1 fully saturated rings. The number of carbonyl (C=O) groups excluding carboxylic acids is 1. The van der Waals surface area contributed by atoms with Crippen molar-refractivity contribution in [2.45, 2.75) is 18.6 Å². The number of nitrogens with one attached hydrogen (secondary N) is 1. The van der Waals surface area contributed by atoms with Gasteiger partial charge in [0, 0.05) is 12.7 Å². The van der Waals surface area contributed by atoms with Crippen molar-refractivity contribution < 1.29 is 14.3 Å². The van der Waals surface area contributed by atoms with Crippen LogP contribution in [0.25, 0.3) is 0 Å². The Bertz CT molecular complexity index is 733. The van der Waals surface area contributed by atoms with Crippen LogP contribution in [0.3, 0.4) is 0 Å². The van der Waals surface area contributed by atoms with Gasteiger partial charge in [-0.3, -0.25) is 4.79 Å². The summed E-state index contributed by atoms with van der Waals surface area (Å²) in [5, 5.41) is 18.7. The Hall–Kier alpha value is -2.65. The lowest BCUT2D eigenvalue weighted by Gasteiger charge is -2.24. The second-order valence-corrected chi connectivity index (χ2v) is 5.33. The molecule has 1 aromatic carbocycles. The van der Waals surface area contributed by atoms with Crippen LogP contribution in [0.4, 0.5) is 4.39 Å². The molecule has 3 rings (SSSR count). The number of likely N-dealkylation sites (tertiary alicyclic amines) is 1. The van der Waals surface area contributed by atoms with Gasteiger partial charge in [-0.05, 0) is 30.2 Å². The van der Waals surface area contributed by atoms with Crippen LogP contribution >= 0.6 is 0 Å². The topological polar surface area (TPSA) is 80.1 Å². The molecule has 1 aromatic heterocycles. The van der Waals surface area contributed by atoms with Gasteiger partial charge in [-0.25, -0.2) is 4.39 Å². The Balaban J connectivity index is 1.88. The molecular formula is C16H14FN3O2. The predicted octanol–water partition coefficient (Wildman–Crippen LogP) is 1.97. The number of hydrogen-bond acceptors (Lipinski definition) is 3. The summed E-state index contributed by atoms with van der Waals surface area (Å²) in [5.74, 6) is -0.629. The molecule has 6 heteroatoms. The molecule has 2 aromatic rings. The fourth-order valence-electron chi connectivity index (χ4n) is 2.78. The van der Waals surface area contributed by atoms with Crippen molar-refractivity contribution >= 4 is 5.91 Å². The molecule has 0 saturated carbocycles. The second-order valence-electron chi connectivity index (χ2n) is 5.33. The molecule has 22 heavy (non-hydrogen) atoms. The number of H-pyrrole nitrogens is 1. The Morgan fingerprint density at radius 2 is 2.14 bits per heavy atom. The minimum Gasteiger partial charge on any atom is -0.391 e. The Morgan fingerprint density at radius 1 is 1.41 bits per heavy atom. The molecule has 1 amide bonds. The first-order valence-corrected chi connectivity index (χ1v) is 6.91. The van der Waals surface area contributed by atoms with Gasteiger partial charge in [0.25, 0.3) is 5.91 Å². The van der Waals surface area contributed by atoms with Gasteiger partial charge in [0.15, 0.2) is 0 Å². The van der Waals surface area contributed by atoms with E-state index >= 15 is 0 Å². The zero-order valence-corrected chi connectivity index (χ0v) is 11.7. The largest absolute Gasteiger partial charge is 0.391 e. The molecule has 1 saturated heterocycles. The monoisotopic (exact) mass is 299 g/mol. The van der Waals surface area contributed by atoms with E-state index in [1.54, 1.807) is 17.0 Å². The van der Waals surface area contributed by atoms with E-state index in [2.05, 4.69) is 4.98 Å². The Morgan fingerprint density at radius 3 is 2.77 bits per heavy atom. The summed E-state index contributed by atoms with van der Waals surface area (Å²) >= 11 is 0. The third-order valence-corrected chi connectivity index (χ3v) is 3.84. The molecule has 1 aliphatic rings. The van der Waals surface area contributed by atoms with Crippen molar-refractivity contribution in [2.24, 2.45) is 0 Å². The van der Waals surface area contributed by atoms with E-state index in [1.807, 2.05) is 6.07 Å². The van der Waals surface area contributed by atoms with Crippen LogP contribution in [-0.2, 0) is 0 Å². The maximum atomic E-state index is 13.0. The number of carbonyl (C=O) groups is 1. The van der Waals surface area contributed by atoms with E-state index in [-0.39, 0.29) is 24.3 Å². The zero-order chi connectivity index (χ0) is 15.7. The van der Waals surface area contributed by atoms with Crippen molar-refractivity contribution in [1.29, 1.82) is 5.26 Å². The minimum absolute atomic E-state index is 0.210. The van der Waals surface area contributed by atoms with Crippen molar-refractivity contribution in [3.63, 3.8) is 0 Å². The van der Waals surface area contributed by atoms with E-state index in [4.69, 9.17) is 5.26 Å². The molecule has 0 unspecified atom stereocenters. The van der Waals surface area contributed by atoms with Crippen LogP contribution in [0.2, 0.25) is 0 Å². The molecule has 2 atom stereocenters. The number of aliphatic hydroxyl groups excluding tert-OH is 1.